The number of thiophene rings is 1. The number of amides is 1. The molecule has 0 spiro atoms. The molecule has 1 rings (SSSR count). The van der Waals surface area contributed by atoms with Gasteiger partial charge in [0.05, 0.1) is 5.69 Å². The predicted molar refractivity (Wildman–Crippen MR) is 69.8 cm³/mol. The second kappa shape index (κ2) is 5.46. The summed E-state index contributed by atoms with van der Waals surface area (Å²) in [4.78, 5) is 12.1. The van der Waals surface area contributed by atoms with Crippen molar-refractivity contribution in [1.82, 2.24) is 5.32 Å². The van der Waals surface area contributed by atoms with E-state index in [2.05, 4.69) is 31.4 Å². The van der Waals surface area contributed by atoms with Crippen LogP contribution in [-0.2, 0) is 11.3 Å². The van der Waals surface area contributed by atoms with Crippen molar-refractivity contribution >= 4 is 22.9 Å². The maximum absolute atomic E-state index is 11.0. The van der Waals surface area contributed by atoms with Crippen LogP contribution < -0.4 is 10.6 Å². The van der Waals surface area contributed by atoms with Gasteiger partial charge in [0, 0.05) is 24.9 Å². The Bertz CT molecular complexity index is 352. The van der Waals surface area contributed by atoms with Gasteiger partial charge in [-0.25, -0.2) is 0 Å². The van der Waals surface area contributed by atoms with Crippen LogP contribution in [0.15, 0.2) is 11.4 Å². The van der Waals surface area contributed by atoms with Crippen LogP contribution in [0.2, 0.25) is 0 Å². The standard InChI is InChI=1S/C12H20N2OS/c1-9(15)14-10-5-6-16-11(10)7-13-8-12(2,3)4/h5-6,13H,7-8H2,1-4H3,(H,14,15). The summed E-state index contributed by atoms with van der Waals surface area (Å²) >= 11 is 1.66. The summed E-state index contributed by atoms with van der Waals surface area (Å²) in [5.41, 5.74) is 1.21. The van der Waals surface area contributed by atoms with Gasteiger partial charge in [-0.1, -0.05) is 20.8 Å². The Balaban J connectivity index is 2.48. The molecular weight excluding hydrogens is 220 g/mol. The second-order valence-corrected chi connectivity index (χ2v) is 6.10. The topological polar surface area (TPSA) is 41.1 Å². The number of hydrogen-bond acceptors (Lipinski definition) is 3. The number of carbonyl (C=O) groups is 1. The average molecular weight is 240 g/mol. The summed E-state index contributed by atoms with van der Waals surface area (Å²) in [6.45, 7) is 9.90. The lowest BCUT2D eigenvalue weighted by molar-refractivity contribution is -0.114. The van der Waals surface area contributed by atoms with E-state index in [9.17, 15) is 4.79 Å². The fraction of sp³-hybridized carbons (Fsp3) is 0.583. The third-order valence-electron chi connectivity index (χ3n) is 2.00. The van der Waals surface area contributed by atoms with E-state index in [-0.39, 0.29) is 11.3 Å². The van der Waals surface area contributed by atoms with Gasteiger partial charge in [0.1, 0.15) is 0 Å². The Hall–Kier alpha value is -0.870. The number of anilines is 1. The number of carbonyl (C=O) groups excluding carboxylic acids is 1. The molecule has 90 valence electrons. The molecule has 0 unspecified atom stereocenters. The van der Waals surface area contributed by atoms with Crippen molar-refractivity contribution in [1.29, 1.82) is 0 Å². The molecule has 1 aromatic heterocycles. The molecule has 2 N–H and O–H groups in total. The molecule has 16 heavy (non-hydrogen) atoms. The highest BCUT2D eigenvalue weighted by Crippen LogP contribution is 2.22. The SMILES string of the molecule is CC(=O)Nc1ccsc1CNCC(C)(C)C. The minimum absolute atomic E-state index is 0.0181. The molecule has 1 amide bonds. The predicted octanol–water partition coefficient (Wildman–Crippen LogP) is 2.84. The van der Waals surface area contributed by atoms with Gasteiger partial charge in [0.2, 0.25) is 5.91 Å². The average Bonchev–Trinajstić information content (AvgIpc) is 2.49. The highest BCUT2D eigenvalue weighted by Gasteiger charge is 2.10. The van der Waals surface area contributed by atoms with Gasteiger partial charge in [-0.2, -0.15) is 0 Å². The zero-order valence-electron chi connectivity index (χ0n) is 10.4. The van der Waals surface area contributed by atoms with Crippen molar-refractivity contribution in [2.45, 2.75) is 34.2 Å². The summed E-state index contributed by atoms with van der Waals surface area (Å²) in [5, 5.41) is 8.23. The van der Waals surface area contributed by atoms with E-state index in [1.165, 1.54) is 11.8 Å². The Morgan fingerprint density at radius 2 is 2.12 bits per heavy atom. The molecule has 0 aliphatic rings. The van der Waals surface area contributed by atoms with Gasteiger partial charge in [0.15, 0.2) is 0 Å². The third-order valence-corrected chi connectivity index (χ3v) is 2.92. The lowest BCUT2D eigenvalue weighted by Gasteiger charge is -2.18. The van der Waals surface area contributed by atoms with Crippen molar-refractivity contribution in [3.8, 4) is 0 Å². The van der Waals surface area contributed by atoms with Crippen LogP contribution in [0, 0.1) is 5.41 Å². The summed E-state index contributed by atoms with van der Waals surface area (Å²) < 4.78 is 0. The van der Waals surface area contributed by atoms with Crippen LogP contribution in [0.3, 0.4) is 0 Å². The Kier molecular flexibility index (Phi) is 4.50. The number of rotatable bonds is 4. The minimum Gasteiger partial charge on any atom is -0.325 e. The molecule has 0 atom stereocenters. The van der Waals surface area contributed by atoms with Crippen LogP contribution >= 0.6 is 11.3 Å². The molecule has 1 aromatic rings. The van der Waals surface area contributed by atoms with Crippen molar-refractivity contribution in [3.05, 3.63) is 16.3 Å². The normalized spacial score (nSPS) is 11.5. The zero-order chi connectivity index (χ0) is 12.2. The van der Waals surface area contributed by atoms with E-state index < -0.39 is 0 Å². The number of hydrogen-bond donors (Lipinski definition) is 2. The van der Waals surface area contributed by atoms with Gasteiger partial charge in [-0.3, -0.25) is 4.79 Å². The molecule has 0 radical (unpaired) electrons. The van der Waals surface area contributed by atoms with E-state index in [1.54, 1.807) is 11.3 Å². The third kappa shape index (κ3) is 4.77. The summed E-state index contributed by atoms with van der Waals surface area (Å²) in [6, 6.07) is 1.94. The molecule has 4 heteroatoms. The zero-order valence-corrected chi connectivity index (χ0v) is 11.2. The fourth-order valence-corrected chi connectivity index (χ4v) is 2.13. The molecule has 0 saturated carbocycles. The molecule has 1 heterocycles. The van der Waals surface area contributed by atoms with Gasteiger partial charge in [-0.05, 0) is 16.9 Å². The molecular formula is C12H20N2OS. The highest BCUT2D eigenvalue weighted by atomic mass is 32.1. The van der Waals surface area contributed by atoms with Gasteiger partial charge in [-0.15, -0.1) is 11.3 Å². The first-order chi connectivity index (χ1) is 7.38. The van der Waals surface area contributed by atoms with Crippen molar-refractivity contribution < 1.29 is 4.79 Å². The largest absolute Gasteiger partial charge is 0.325 e. The summed E-state index contributed by atoms with van der Waals surface area (Å²) in [7, 11) is 0. The molecule has 0 aromatic carbocycles. The maximum atomic E-state index is 11.0. The Labute approximate surface area is 101 Å². The molecule has 0 aliphatic heterocycles. The molecule has 0 fully saturated rings. The van der Waals surface area contributed by atoms with E-state index in [1.807, 2.05) is 11.4 Å². The van der Waals surface area contributed by atoms with E-state index in [0.717, 1.165) is 18.8 Å². The lowest BCUT2D eigenvalue weighted by atomic mass is 9.97. The van der Waals surface area contributed by atoms with Gasteiger partial charge in [0.25, 0.3) is 0 Å². The molecule has 3 nitrogen and oxygen atoms in total. The van der Waals surface area contributed by atoms with Gasteiger partial charge >= 0.3 is 0 Å². The van der Waals surface area contributed by atoms with Crippen LogP contribution in [0.1, 0.15) is 32.6 Å². The number of nitrogens with one attached hydrogen (secondary N) is 2. The van der Waals surface area contributed by atoms with E-state index in [4.69, 9.17) is 0 Å². The van der Waals surface area contributed by atoms with Crippen molar-refractivity contribution in [3.63, 3.8) is 0 Å². The van der Waals surface area contributed by atoms with E-state index in [0.29, 0.717) is 0 Å². The smallest absolute Gasteiger partial charge is 0.221 e. The first-order valence-electron chi connectivity index (χ1n) is 5.43. The highest BCUT2D eigenvalue weighted by molar-refractivity contribution is 7.10. The minimum atomic E-state index is -0.0181. The molecule has 0 aliphatic carbocycles. The monoisotopic (exact) mass is 240 g/mol. The van der Waals surface area contributed by atoms with Gasteiger partial charge < -0.3 is 10.6 Å². The Morgan fingerprint density at radius 1 is 1.44 bits per heavy atom. The second-order valence-electron chi connectivity index (χ2n) is 5.10. The Morgan fingerprint density at radius 3 is 2.69 bits per heavy atom. The van der Waals surface area contributed by atoms with E-state index >= 15 is 0 Å². The first-order valence-corrected chi connectivity index (χ1v) is 6.31. The van der Waals surface area contributed by atoms with Crippen LogP contribution in [-0.4, -0.2) is 12.5 Å². The van der Waals surface area contributed by atoms with Crippen molar-refractivity contribution in [2.75, 3.05) is 11.9 Å². The van der Waals surface area contributed by atoms with Crippen molar-refractivity contribution in [2.24, 2.45) is 5.41 Å². The quantitative estimate of drug-likeness (QED) is 0.849. The summed E-state index contributed by atoms with van der Waals surface area (Å²) in [5.74, 6) is -0.0181. The lowest BCUT2D eigenvalue weighted by Crippen LogP contribution is -2.26. The van der Waals surface area contributed by atoms with Crippen LogP contribution in [0.5, 0.6) is 0 Å². The van der Waals surface area contributed by atoms with Crippen LogP contribution in [0.25, 0.3) is 0 Å². The molecule has 0 bridgehead atoms. The van der Waals surface area contributed by atoms with Crippen LogP contribution in [0.4, 0.5) is 5.69 Å². The first kappa shape index (κ1) is 13.2. The molecule has 0 saturated heterocycles. The maximum Gasteiger partial charge on any atom is 0.221 e. The fourth-order valence-electron chi connectivity index (χ4n) is 1.33. The summed E-state index contributed by atoms with van der Waals surface area (Å²) in [6.07, 6.45) is 0.